The van der Waals surface area contributed by atoms with Crippen LogP contribution in [-0.4, -0.2) is 45.7 Å². The zero-order chi connectivity index (χ0) is 23.4. The quantitative estimate of drug-likeness (QED) is 0.650. The monoisotopic (exact) mass is 437 g/mol. The van der Waals surface area contributed by atoms with Gasteiger partial charge in [-0.2, -0.15) is 0 Å². The number of carbonyl (C=O) groups excluding carboxylic acids is 2. The molecule has 0 bridgehead atoms. The summed E-state index contributed by atoms with van der Waals surface area (Å²) in [7, 11) is 0. The van der Waals surface area contributed by atoms with Crippen molar-refractivity contribution in [2.45, 2.75) is 64.6 Å². The maximum Gasteiger partial charge on any atom is 0.243 e. The molecule has 2 amide bonds. The number of likely N-dealkylation sites (tertiary alicyclic amines) is 1. The van der Waals surface area contributed by atoms with Gasteiger partial charge in [-0.1, -0.05) is 50.9 Å². The van der Waals surface area contributed by atoms with Crippen LogP contribution in [0, 0.1) is 18.3 Å². The van der Waals surface area contributed by atoms with Crippen LogP contribution >= 0.6 is 0 Å². The van der Waals surface area contributed by atoms with Crippen LogP contribution in [0.3, 0.4) is 0 Å². The van der Waals surface area contributed by atoms with Crippen molar-refractivity contribution < 1.29 is 19.2 Å². The number of β-amino-alcohol motifs (C(OH)–C–C–N with tert-alkyl or cyclic N) is 1. The number of aliphatic hydroxyl groups excluding tert-OH is 1. The fraction of sp³-hybridized carbons (Fsp3) is 0.480. The largest absolute Gasteiger partial charge is 0.391 e. The minimum Gasteiger partial charge on any atom is -0.391 e. The topological polar surface area (TPSA) is 95.7 Å². The van der Waals surface area contributed by atoms with E-state index < -0.39 is 18.1 Å². The maximum absolute atomic E-state index is 13.5. The zero-order valence-corrected chi connectivity index (χ0v) is 19.0. The first-order valence-electron chi connectivity index (χ1n) is 11.0. The van der Waals surface area contributed by atoms with E-state index in [1.807, 2.05) is 58.0 Å². The average molecular weight is 438 g/mol. The van der Waals surface area contributed by atoms with Crippen LogP contribution in [0.4, 0.5) is 0 Å². The van der Waals surface area contributed by atoms with Crippen LogP contribution in [0.25, 0.3) is 0 Å². The minimum atomic E-state index is -0.752. The van der Waals surface area contributed by atoms with E-state index in [4.69, 9.17) is 10.9 Å². The summed E-state index contributed by atoms with van der Waals surface area (Å²) in [5.74, 6) is 2.06. The number of aromatic nitrogens is 1. The molecule has 7 heteroatoms. The number of benzene rings is 1. The number of nitrogens with one attached hydrogen (secondary N) is 1. The number of hydrogen-bond donors (Lipinski definition) is 2. The molecule has 0 radical (unpaired) electrons. The second-order valence-electron chi connectivity index (χ2n) is 8.99. The predicted molar refractivity (Wildman–Crippen MR) is 121 cm³/mol. The highest BCUT2D eigenvalue weighted by molar-refractivity contribution is 5.91. The lowest BCUT2D eigenvalue weighted by atomic mass is 9.90. The molecule has 2 N–H and O–H groups in total. The van der Waals surface area contributed by atoms with Gasteiger partial charge >= 0.3 is 0 Å². The molecular formula is C25H31N3O4. The van der Waals surface area contributed by atoms with Gasteiger partial charge in [0.15, 0.2) is 0 Å². The summed E-state index contributed by atoms with van der Waals surface area (Å²) in [6.07, 6.45) is 4.82. The van der Waals surface area contributed by atoms with Gasteiger partial charge in [0.25, 0.3) is 0 Å². The Morgan fingerprint density at radius 2 is 1.97 bits per heavy atom. The molecule has 1 fully saturated rings. The first kappa shape index (κ1) is 23.6. The SMILES string of the molecule is C#Cc1ccc(CNC(=O)[C@@H]2C[C@@H](O)CN2C(=O)[C@H](c2cc(C(C)C)no2)C(C)C)cc1. The van der Waals surface area contributed by atoms with E-state index in [1.54, 1.807) is 0 Å². The molecule has 1 aliphatic rings. The number of amides is 2. The highest BCUT2D eigenvalue weighted by Gasteiger charge is 2.43. The second-order valence-corrected chi connectivity index (χ2v) is 8.99. The molecule has 0 saturated carbocycles. The van der Waals surface area contributed by atoms with E-state index in [-0.39, 0.29) is 36.6 Å². The molecule has 0 spiro atoms. The van der Waals surface area contributed by atoms with Gasteiger partial charge in [0.1, 0.15) is 17.7 Å². The van der Waals surface area contributed by atoms with Crippen molar-refractivity contribution in [1.82, 2.24) is 15.4 Å². The van der Waals surface area contributed by atoms with Crippen molar-refractivity contribution in [1.29, 1.82) is 0 Å². The third-order valence-electron chi connectivity index (χ3n) is 5.83. The summed E-state index contributed by atoms with van der Waals surface area (Å²) in [6.45, 7) is 8.30. The molecule has 2 aromatic rings. The molecule has 0 unspecified atom stereocenters. The first-order chi connectivity index (χ1) is 15.2. The van der Waals surface area contributed by atoms with Gasteiger partial charge in [-0.15, -0.1) is 6.42 Å². The number of terminal acetylenes is 1. The van der Waals surface area contributed by atoms with E-state index in [2.05, 4.69) is 16.4 Å². The molecule has 3 rings (SSSR count). The molecule has 1 aliphatic heterocycles. The van der Waals surface area contributed by atoms with Crippen LogP contribution in [0.1, 0.15) is 68.5 Å². The molecule has 7 nitrogen and oxygen atoms in total. The Morgan fingerprint density at radius 1 is 1.28 bits per heavy atom. The van der Waals surface area contributed by atoms with Crippen LogP contribution < -0.4 is 5.32 Å². The van der Waals surface area contributed by atoms with Crippen LogP contribution in [-0.2, 0) is 16.1 Å². The summed E-state index contributed by atoms with van der Waals surface area (Å²) in [4.78, 5) is 27.9. The average Bonchev–Trinajstić information content (AvgIpc) is 3.39. The number of hydrogen-bond acceptors (Lipinski definition) is 5. The standard InChI is InChI=1S/C25H31N3O4/c1-6-17-7-9-18(10-8-17)13-26-24(30)21-11-19(29)14-28(21)25(31)23(16(4)5)22-12-20(15(2)3)27-32-22/h1,7-10,12,15-16,19,21,23,29H,11,13-14H2,2-5H3,(H,26,30)/t19-,21+,23+/m1/s1. The fourth-order valence-electron chi connectivity index (χ4n) is 3.97. The van der Waals surface area contributed by atoms with E-state index in [0.717, 1.165) is 16.8 Å². The van der Waals surface area contributed by atoms with Crippen LogP contribution in [0.15, 0.2) is 34.9 Å². The van der Waals surface area contributed by atoms with Gasteiger partial charge in [0, 0.05) is 31.1 Å². The fourth-order valence-corrected chi connectivity index (χ4v) is 3.97. The summed E-state index contributed by atoms with van der Waals surface area (Å²) in [6, 6.07) is 8.41. The molecule has 1 saturated heterocycles. The third-order valence-corrected chi connectivity index (χ3v) is 5.83. The van der Waals surface area contributed by atoms with Gasteiger partial charge in [-0.05, 0) is 29.5 Å². The van der Waals surface area contributed by atoms with Crippen molar-refractivity contribution in [3.05, 3.63) is 52.9 Å². The Balaban J connectivity index is 1.74. The van der Waals surface area contributed by atoms with Gasteiger partial charge in [0.05, 0.1) is 11.8 Å². The molecule has 1 aromatic carbocycles. The van der Waals surface area contributed by atoms with E-state index in [9.17, 15) is 14.7 Å². The Kier molecular flexibility index (Phi) is 7.37. The number of carbonyl (C=O) groups is 2. The molecule has 32 heavy (non-hydrogen) atoms. The Labute approximate surface area is 189 Å². The summed E-state index contributed by atoms with van der Waals surface area (Å²) < 4.78 is 5.50. The Morgan fingerprint density at radius 3 is 2.53 bits per heavy atom. The number of aliphatic hydroxyl groups is 1. The summed E-state index contributed by atoms with van der Waals surface area (Å²) >= 11 is 0. The van der Waals surface area contributed by atoms with E-state index >= 15 is 0 Å². The van der Waals surface area contributed by atoms with Crippen molar-refractivity contribution in [3.63, 3.8) is 0 Å². The first-order valence-corrected chi connectivity index (χ1v) is 11.0. The van der Waals surface area contributed by atoms with Crippen molar-refractivity contribution in [2.24, 2.45) is 5.92 Å². The lowest BCUT2D eigenvalue weighted by Crippen LogP contribution is -2.48. The summed E-state index contributed by atoms with van der Waals surface area (Å²) in [5.41, 5.74) is 2.45. The molecular weight excluding hydrogens is 406 g/mol. The lowest BCUT2D eigenvalue weighted by Gasteiger charge is -2.28. The number of nitrogens with zero attached hydrogens (tertiary/aromatic N) is 2. The highest BCUT2D eigenvalue weighted by Crippen LogP contribution is 2.32. The minimum absolute atomic E-state index is 0.0633. The molecule has 1 aromatic heterocycles. The van der Waals surface area contributed by atoms with E-state index in [0.29, 0.717) is 12.3 Å². The predicted octanol–water partition coefficient (Wildman–Crippen LogP) is 2.80. The molecule has 170 valence electrons. The lowest BCUT2D eigenvalue weighted by molar-refractivity contribution is -0.141. The van der Waals surface area contributed by atoms with Crippen molar-refractivity contribution in [2.75, 3.05) is 6.54 Å². The molecule has 0 aliphatic carbocycles. The van der Waals surface area contributed by atoms with Gasteiger partial charge in [-0.25, -0.2) is 0 Å². The third kappa shape index (κ3) is 5.20. The van der Waals surface area contributed by atoms with Gasteiger partial charge in [-0.3, -0.25) is 9.59 Å². The summed E-state index contributed by atoms with van der Waals surface area (Å²) in [5, 5.41) is 17.2. The second kappa shape index (κ2) is 10.0. The highest BCUT2D eigenvalue weighted by atomic mass is 16.5. The normalized spacial score (nSPS) is 19.2. The Bertz CT molecular complexity index is 987. The van der Waals surface area contributed by atoms with E-state index in [1.165, 1.54) is 4.90 Å². The Hall–Kier alpha value is -3.11. The maximum atomic E-state index is 13.5. The van der Waals surface area contributed by atoms with Gasteiger partial charge in [0.2, 0.25) is 11.8 Å². The molecule has 2 heterocycles. The van der Waals surface area contributed by atoms with Gasteiger partial charge < -0.3 is 19.8 Å². The zero-order valence-electron chi connectivity index (χ0n) is 19.0. The van der Waals surface area contributed by atoms with Crippen LogP contribution in [0.5, 0.6) is 0 Å². The van der Waals surface area contributed by atoms with Crippen molar-refractivity contribution >= 4 is 11.8 Å². The number of rotatable bonds is 7. The van der Waals surface area contributed by atoms with Crippen molar-refractivity contribution in [3.8, 4) is 12.3 Å². The molecule has 3 atom stereocenters. The van der Waals surface area contributed by atoms with Crippen LogP contribution in [0.2, 0.25) is 0 Å². The smallest absolute Gasteiger partial charge is 0.243 e.